The Kier molecular flexibility index (Phi) is 9.09. The molecule has 10 heteroatoms. The maximum Gasteiger partial charge on any atom is 0.407 e. The summed E-state index contributed by atoms with van der Waals surface area (Å²) < 4.78 is 16.2. The predicted molar refractivity (Wildman–Crippen MR) is 154 cm³/mol. The minimum atomic E-state index is -0.687. The van der Waals surface area contributed by atoms with Gasteiger partial charge in [0.2, 0.25) is 5.78 Å². The zero-order valence-electron chi connectivity index (χ0n) is 23.0. The third-order valence-corrected chi connectivity index (χ3v) is 7.14. The fourth-order valence-electron chi connectivity index (χ4n) is 4.05. The molecule has 9 nitrogen and oxygen atoms in total. The van der Waals surface area contributed by atoms with Crippen LogP contribution in [0, 0.1) is 11.8 Å². The highest BCUT2D eigenvalue weighted by Gasteiger charge is 2.38. The van der Waals surface area contributed by atoms with E-state index in [9.17, 15) is 19.5 Å². The third kappa shape index (κ3) is 7.81. The number of ether oxygens (including phenoxy) is 3. The van der Waals surface area contributed by atoms with Gasteiger partial charge in [-0.25, -0.2) is 9.59 Å². The number of phenolic OH excluding ortho intramolecular Hbond substituents is 1. The summed E-state index contributed by atoms with van der Waals surface area (Å²) in [4.78, 5) is 37.9. The Morgan fingerprint density at radius 3 is 2.55 bits per heavy atom. The average Bonchev–Trinajstić information content (AvgIpc) is 3.57. The summed E-state index contributed by atoms with van der Waals surface area (Å²) in [7, 11) is 0. The Morgan fingerprint density at radius 1 is 1.12 bits per heavy atom. The highest BCUT2D eigenvalue weighted by atomic mass is 32.2. The fourth-order valence-corrected chi connectivity index (χ4v) is 5.10. The van der Waals surface area contributed by atoms with Crippen LogP contribution >= 0.6 is 11.8 Å². The Labute approximate surface area is 238 Å². The maximum atomic E-state index is 13.1. The molecule has 4 rings (SSSR count). The van der Waals surface area contributed by atoms with Gasteiger partial charge in [-0.2, -0.15) is 0 Å². The summed E-state index contributed by atoms with van der Waals surface area (Å²) in [5, 5.41) is 16.9. The number of carbonyl (C=O) groups is 3. The van der Waals surface area contributed by atoms with Crippen LogP contribution < -0.4 is 15.4 Å². The molecule has 0 bridgehead atoms. The summed E-state index contributed by atoms with van der Waals surface area (Å²) >= 11 is 1.14. The van der Waals surface area contributed by atoms with Gasteiger partial charge in [-0.3, -0.25) is 4.79 Å². The number of nitrogens with one attached hydrogen (secondary N) is 2. The van der Waals surface area contributed by atoms with E-state index in [1.165, 1.54) is 6.07 Å². The fraction of sp³-hybridized carbons (Fsp3) is 0.367. The van der Waals surface area contributed by atoms with Gasteiger partial charge in [-0.05, 0) is 81.9 Å². The van der Waals surface area contributed by atoms with Gasteiger partial charge in [-0.1, -0.05) is 36.0 Å². The number of carbonyl (C=O) groups excluding carboxylic acids is 3. The molecule has 1 aliphatic heterocycles. The van der Waals surface area contributed by atoms with E-state index in [1.54, 1.807) is 25.1 Å². The molecule has 1 amide bonds. The monoisotopic (exact) mass is 566 g/mol. The average molecular weight is 567 g/mol. The number of amides is 1. The number of Topliss-reactive ketones (excluding diaryl/α,β-unsaturated/α-hetero) is 1. The van der Waals surface area contributed by atoms with Crippen LogP contribution in [0.5, 0.6) is 11.5 Å². The second-order valence-corrected chi connectivity index (χ2v) is 11.6. The number of hydrogen-bond donors (Lipinski definition) is 3. The Bertz CT molecular complexity index is 1330. The molecule has 2 aliphatic rings. The van der Waals surface area contributed by atoms with Crippen LogP contribution in [0.4, 0.5) is 10.5 Å². The van der Waals surface area contributed by atoms with Crippen LogP contribution in [0.15, 0.2) is 64.0 Å². The number of rotatable bonds is 10. The summed E-state index contributed by atoms with van der Waals surface area (Å²) in [5.74, 6) is -0.296. The number of benzene rings is 2. The second-order valence-electron chi connectivity index (χ2n) is 10.5. The summed E-state index contributed by atoms with van der Waals surface area (Å²) in [6.45, 7) is 8.20. The molecule has 40 heavy (non-hydrogen) atoms. The van der Waals surface area contributed by atoms with Crippen molar-refractivity contribution in [3.8, 4) is 11.5 Å². The number of thioether (sulfide) groups is 1. The van der Waals surface area contributed by atoms with Crippen LogP contribution in [0.2, 0.25) is 0 Å². The smallest absolute Gasteiger partial charge is 0.407 e. The van der Waals surface area contributed by atoms with Crippen molar-refractivity contribution >= 4 is 41.4 Å². The number of aromatic hydroxyl groups is 1. The standard InChI is InChI=1S/C30H34N2O7S/c1-5-37-28(35)25-26(34)24(40-27(25)32-21-9-7-6-8-10-21)14-18-11-12-23(22(33)13-18)38-17-20-15-19(20)16-31-29(36)39-30(2,3)4/h6-14,19-20,32-33H,5,15-17H2,1-4H3,(H,31,36)/b24-14-. The lowest BCUT2D eigenvalue weighted by Gasteiger charge is -2.19. The number of ketones is 1. The molecule has 2 atom stereocenters. The molecule has 1 saturated carbocycles. The van der Waals surface area contributed by atoms with Crippen LogP contribution in [-0.2, 0) is 19.1 Å². The summed E-state index contributed by atoms with van der Waals surface area (Å²) in [6.07, 6.45) is 2.09. The first-order chi connectivity index (χ1) is 19.0. The summed E-state index contributed by atoms with van der Waals surface area (Å²) in [5.41, 5.74) is 0.723. The SMILES string of the molecule is CCOC(=O)C1=C(Nc2ccccc2)S/C(=C\c2ccc(OCC3CC3CNC(=O)OC(C)(C)C)c(O)c2)C1=O. The zero-order valence-corrected chi connectivity index (χ0v) is 23.8. The normalized spacial score (nSPS) is 19.4. The van der Waals surface area contributed by atoms with E-state index in [4.69, 9.17) is 14.2 Å². The van der Waals surface area contributed by atoms with Gasteiger partial charge in [0, 0.05) is 12.2 Å². The number of allylic oxidation sites excluding steroid dienone is 1. The van der Waals surface area contributed by atoms with E-state index in [1.807, 2.05) is 51.1 Å². The second kappa shape index (κ2) is 12.5. The highest BCUT2D eigenvalue weighted by Crippen LogP contribution is 2.42. The van der Waals surface area contributed by atoms with Crippen molar-refractivity contribution in [1.29, 1.82) is 0 Å². The van der Waals surface area contributed by atoms with Crippen molar-refractivity contribution in [2.75, 3.05) is 25.1 Å². The van der Waals surface area contributed by atoms with E-state index >= 15 is 0 Å². The zero-order chi connectivity index (χ0) is 28.9. The van der Waals surface area contributed by atoms with Gasteiger partial charge in [-0.15, -0.1) is 0 Å². The first kappa shape index (κ1) is 29.1. The van der Waals surface area contributed by atoms with Crippen molar-refractivity contribution in [2.45, 2.75) is 39.7 Å². The van der Waals surface area contributed by atoms with Gasteiger partial charge in [0.25, 0.3) is 0 Å². The molecule has 2 unspecified atom stereocenters. The predicted octanol–water partition coefficient (Wildman–Crippen LogP) is 5.48. The van der Waals surface area contributed by atoms with Crippen molar-refractivity contribution < 1.29 is 33.7 Å². The molecule has 212 valence electrons. The van der Waals surface area contributed by atoms with Gasteiger partial charge in [0.05, 0.1) is 23.1 Å². The molecule has 1 fully saturated rings. The van der Waals surface area contributed by atoms with E-state index in [0.717, 1.165) is 23.9 Å². The molecule has 0 saturated heterocycles. The van der Waals surface area contributed by atoms with E-state index in [-0.39, 0.29) is 23.8 Å². The number of phenols is 1. The minimum absolute atomic E-state index is 0.0497. The molecule has 2 aromatic carbocycles. The number of para-hydroxylation sites is 1. The van der Waals surface area contributed by atoms with Gasteiger partial charge in [0.1, 0.15) is 11.2 Å². The molecule has 1 heterocycles. The largest absolute Gasteiger partial charge is 0.504 e. The Morgan fingerprint density at radius 2 is 1.88 bits per heavy atom. The van der Waals surface area contributed by atoms with Gasteiger partial charge in [0.15, 0.2) is 11.5 Å². The topological polar surface area (TPSA) is 123 Å². The van der Waals surface area contributed by atoms with E-state index in [0.29, 0.717) is 40.3 Å². The quantitative estimate of drug-likeness (QED) is 0.195. The molecule has 1 aliphatic carbocycles. The molecular weight excluding hydrogens is 532 g/mol. The number of anilines is 1. The van der Waals surface area contributed by atoms with Crippen LogP contribution in [-0.4, -0.2) is 48.3 Å². The molecule has 3 N–H and O–H groups in total. The van der Waals surface area contributed by atoms with Crippen molar-refractivity contribution in [1.82, 2.24) is 5.32 Å². The minimum Gasteiger partial charge on any atom is -0.504 e. The Hall–Kier alpha value is -3.92. The first-order valence-corrected chi connectivity index (χ1v) is 14.0. The number of hydrogen-bond acceptors (Lipinski definition) is 9. The molecular formula is C30H34N2O7S. The Balaban J connectivity index is 1.35. The van der Waals surface area contributed by atoms with E-state index < -0.39 is 23.4 Å². The van der Waals surface area contributed by atoms with Crippen LogP contribution in [0.3, 0.4) is 0 Å². The van der Waals surface area contributed by atoms with Crippen LogP contribution in [0.25, 0.3) is 6.08 Å². The van der Waals surface area contributed by atoms with Crippen molar-refractivity contribution in [3.63, 3.8) is 0 Å². The van der Waals surface area contributed by atoms with Crippen LogP contribution in [0.1, 0.15) is 39.7 Å². The first-order valence-electron chi connectivity index (χ1n) is 13.1. The lowest BCUT2D eigenvalue weighted by Crippen LogP contribution is -2.33. The van der Waals surface area contributed by atoms with Gasteiger partial charge >= 0.3 is 12.1 Å². The lowest BCUT2D eigenvalue weighted by atomic mass is 10.1. The van der Waals surface area contributed by atoms with Gasteiger partial charge < -0.3 is 30.0 Å². The maximum absolute atomic E-state index is 13.1. The van der Waals surface area contributed by atoms with E-state index in [2.05, 4.69) is 10.6 Å². The number of esters is 1. The third-order valence-electron chi connectivity index (χ3n) is 6.11. The molecule has 0 spiro atoms. The molecule has 2 aromatic rings. The number of alkyl carbamates (subject to hydrolysis) is 1. The van der Waals surface area contributed by atoms with Crippen molar-refractivity contribution in [3.05, 3.63) is 69.6 Å². The highest BCUT2D eigenvalue weighted by molar-refractivity contribution is 8.08. The lowest BCUT2D eigenvalue weighted by molar-refractivity contribution is -0.139. The molecule has 0 aromatic heterocycles. The summed E-state index contributed by atoms with van der Waals surface area (Å²) in [6, 6.07) is 14.1. The van der Waals surface area contributed by atoms with Crippen molar-refractivity contribution in [2.24, 2.45) is 11.8 Å². The molecule has 0 radical (unpaired) electrons.